The number of rotatable bonds is 5. The number of benzene rings is 1. The van der Waals surface area contributed by atoms with Crippen molar-refractivity contribution in [2.24, 2.45) is 5.73 Å². The summed E-state index contributed by atoms with van der Waals surface area (Å²) in [4.78, 5) is 11.6. The number of hydrogen-bond acceptors (Lipinski definition) is 2. The third kappa shape index (κ3) is 3.48. The molecule has 0 heterocycles. The smallest absolute Gasteiger partial charge is 0.162 e. The number of carbonyl (C=O) groups is 1. The normalized spacial score (nSPS) is 10.1. The van der Waals surface area contributed by atoms with Gasteiger partial charge in [-0.1, -0.05) is 23.7 Å². The number of unbranched alkanes of at least 4 members (excludes halogenated alkanes) is 1. The molecule has 2 N–H and O–H groups in total. The van der Waals surface area contributed by atoms with Crippen LogP contribution in [0.25, 0.3) is 0 Å². The summed E-state index contributed by atoms with van der Waals surface area (Å²) in [5, 5.41) is 0.606. The average Bonchev–Trinajstić information content (AvgIpc) is 2.18. The van der Waals surface area contributed by atoms with Gasteiger partial charge < -0.3 is 5.73 Å². The van der Waals surface area contributed by atoms with Crippen molar-refractivity contribution in [1.29, 1.82) is 0 Å². The highest BCUT2D eigenvalue weighted by atomic mass is 35.5. The summed E-state index contributed by atoms with van der Waals surface area (Å²) in [6, 6.07) is 7.04. The van der Waals surface area contributed by atoms with E-state index in [4.69, 9.17) is 17.3 Å². The number of ketones is 1. The number of halogens is 1. The fraction of sp³-hybridized carbons (Fsp3) is 0.364. The number of hydrogen-bond donors (Lipinski definition) is 1. The van der Waals surface area contributed by atoms with Gasteiger partial charge in [0.2, 0.25) is 0 Å². The molecule has 0 aromatic heterocycles. The number of carbonyl (C=O) groups excluding carboxylic acids is 1. The largest absolute Gasteiger partial charge is 0.330 e. The van der Waals surface area contributed by atoms with Crippen LogP contribution in [0.5, 0.6) is 0 Å². The summed E-state index contributed by atoms with van der Waals surface area (Å²) in [6.07, 6.45) is 2.30. The van der Waals surface area contributed by atoms with Gasteiger partial charge in [0.05, 0.1) is 0 Å². The quantitative estimate of drug-likeness (QED) is 0.601. The van der Waals surface area contributed by atoms with E-state index in [2.05, 4.69) is 0 Å². The zero-order valence-corrected chi connectivity index (χ0v) is 8.76. The Morgan fingerprint density at radius 2 is 2.14 bits per heavy atom. The van der Waals surface area contributed by atoms with Crippen molar-refractivity contribution < 1.29 is 4.79 Å². The van der Waals surface area contributed by atoms with Gasteiger partial charge in [-0.2, -0.15) is 0 Å². The minimum Gasteiger partial charge on any atom is -0.330 e. The van der Waals surface area contributed by atoms with Crippen molar-refractivity contribution in [2.75, 3.05) is 6.54 Å². The molecule has 0 bridgehead atoms. The van der Waals surface area contributed by atoms with E-state index in [1.165, 1.54) is 0 Å². The van der Waals surface area contributed by atoms with Crippen LogP contribution in [0.1, 0.15) is 29.6 Å². The van der Waals surface area contributed by atoms with Gasteiger partial charge in [-0.25, -0.2) is 0 Å². The summed E-state index contributed by atoms with van der Waals surface area (Å²) in [5.74, 6) is 0.140. The first-order valence-corrected chi connectivity index (χ1v) is 5.10. The summed E-state index contributed by atoms with van der Waals surface area (Å²) in [5.41, 5.74) is 6.03. The summed E-state index contributed by atoms with van der Waals surface area (Å²) in [6.45, 7) is 0.642. The van der Waals surface area contributed by atoms with Gasteiger partial charge in [0.1, 0.15) is 0 Å². The van der Waals surface area contributed by atoms with Gasteiger partial charge in [-0.3, -0.25) is 4.79 Å². The van der Waals surface area contributed by atoms with Crippen LogP contribution < -0.4 is 5.73 Å². The Morgan fingerprint density at radius 3 is 2.79 bits per heavy atom. The van der Waals surface area contributed by atoms with Gasteiger partial charge in [-0.15, -0.1) is 0 Å². The standard InChI is InChI=1S/C11H14ClNO/c12-10-5-3-4-9(8-10)11(14)6-1-2-7-13/h3-5,8H,1-2,6-7,13H2. The van der Waals surface area contributed by atoms with E-state index in [0.717, 1.165) is 12.8 Å². The molecular formula is C11H14ClNO. The van der Waals surface area contributed by atoms with Crippen LogP contribution in [0.2, 0.25) is 5.02 Å². The highest BCUT2D eigenvalue weighted by Gasteiger charge is 2.04. The average molecular weight is 212 g/mol. The second kappa shape index (κ2) is 5.78. The Balaban J connectivity index is 2.52. The molecule has 0 amide bonds. The zero-order valence-electron chi connectivity index (χ0n) is 8.00. The molecule has 3 heteroatoms. The maximum Gasteiger partial charge on any atom is 0.162 e. The lowest BCUT2D eigenvalue weighted by atomic mass is 10.1. The van der Waals surface area contributed by atoms with Crippen molar-refractivity contribution in [1.82, 2.24) is 0 Å². The topological polar surface area (TPSA) is 43.1 Å². The van der Waals surface area contributed by atoms with E-state index < -0.39 is 0 Å². The molecular weight excluding hydrogens is 198 g/mol. The summed E-state index contributed by atoms with van der Waals surface area (Å²) in [7, 11) is 0. The molecule has 1 rings (SSSR count). The fourth-order valence-corrected chi connectivity index (χ4v) is 1.43. The lowest BCUT2D eigenvalue weighted by Gasteiger charge is -2.00. The van der Waals surface area contributed by atoms with Crippen molar-refractivity contribution in [2.45, 2.75) is 19.3 Å². The molecule has 0 aliphatic heterocycles. The molecule has 76 valence electrons. The van der Waals surface area contributed by atoms with Crippen LogP contribution in [-0.2, 0) is 0 Å². The molecule has 0 saturated heterocycles. The van der Waals surface area contributed by atoms with Crippen LogP contribution in [0, 0.1) is 0 Å². The lowest BCUT2D eigenvalue weighted by molar-refractivity contribution is 0.0979. The van der Waals surface area contributed by atoms with E-state index in [9.17, 15) is 4.79 Å². The number of nitrogens with two attached hydrogens (primary N) is 1. The van der Waals surface area contributed by atoms with Gasteiger partial charge in [0.15, 0.2) is 5.78 Å². The van der Waals surface area contributed by atoms with E-state index >= 15 is 0 Å². The van der Waals surface area contributed by atoms with Crippen LogP contribution in [0.15, 0.2) is 24.3 Å². The molecule has 1 aromatic carbocycles. The van der Waals surface area contributed by atoms with Crippen LogP contribution in [0.4, 0.5) is 0 Å². The molecule has 0 saturated carbocycles. The highest BCUT2D eigenvalue weighted by Crippen LogP contribution is 2.13. The Hall–Kier alpha value is -0.860. The van der Waals surface area contributed by atoms with E-state index in [0.29, 0.717) is 23.6 Å². The third-order valence-corrected chi connectivity index (χ3v) is 2.24. The molecule has 0 unspecified atom stereocenters. The maximum absolute atomic E-state index is 11.6. The van der Waals surface area contributed by atoms with Crippen LogP contribution in [0.3, 0.4) is 0 Å². The molecule has 0 atom stereocenters. The van der Waals surface area contributed by atoms with E-state index in [1.54, 1.807) is 24.3 Å². The fourth-order valence-electron chi connectivity index (χ4n) is 1.24. The minimum absolute atomic E-state index is 0.140. The monoisotopic (exact) mass is 211 g/mol. The SMILES string of the molecule is NCCCCC(=O)c1cccc(Cl)c1. The Morgan fingerprint density at radius 1 is 1.36 bits per heavy atom. The highest BCUT2D eigenvalue weighted by molar-refractivity contribution is 6.31. The zero-order chi connectivity index (χ0) is 10.4. The molecule has 1 aromatic rings. The first kappa shape index (κ1) is 11.2. The molecule has 0 aliphatic carbocycles. The van der Waals surface area contributed by atoms with Crippen molar-refractivity contribution in [3.05, 3.63) is 34.9 Å². The molecule has 0 aliphatic rings. The van der Waals surface area contributed by atoms with Crippen molar-refractivity contribution >= 4 is 17.4 Å². The first-order valence-electron chi connectivity index (χ1n) is 4.73. The minimum atomic E-state index is 0.140. The van der Waals surface area contributed by atoms with Gasteiger partial charge in [-0.05, 0) is 31.5 Å². The number of Topliss-reactive ketones (excluding diaryl/α,β-unsaturated/α-hetero) is 1. The maximum atomic E-state index is 11.6. The predicted molar refractivity (Wildman–Crippen MR) is 58.7 cm³/mol. The molecule has 0 fully saturated rings. The lowest BCUT2D eigenvalue weighted by Crippen LogP contribution is -2.02. The molecule has 2 nitrogen and oxygen atoms in total. The van der Waals surface area contributed by atoms with Crippen molar-refractivity contribution in [3.8, 4) is 0 Å². The van der Waals surface area contributed by atoms with Crippen LogP contribution in [-0.4, -0.2) is 12.3 Å². The summed E-state index contributed by atoms with van der Waals surface area (Å²) >= 11 is 5.78. The summed E-state index contributed by atoms with van der Waals surface area (Å²) < 4.78 is 0. The van der Waals surface area contributed by atoms with Gasteiger partial charge in [0, 0.05) is 17.0 Å². The Labute approximate surface area is 89.1 Å². The van der Waals surface area contributed by atoms with Crippen LogP contribution >= 0.6 is 11.6 Å². The second-order valence-corrected chi connectivity index (χ2v) is 3.62. The van der Waals surface area contributed by atoms with Crippen molar-refractivity contribution in [3.63, 3.8) is 0 Å². The molecule has 0 spiro atoms. The van der Waals surface area contributed by atoms with E-state index in [1.807, 2.05) is 0 Å². The third-order valence-electron chi connectivity index (χ3n) is 2.00. The predicted octanol–water partition coefficient (Wildman–Crippen LogP) is 2.65. The van der Waals surface area contributed by atoms with E-state index in [-0.39, 0.29) is 5.78 Å². The second-order valence-electron chi connectivity index (χ2n) is 3.18. The molecule has 0 radical (unpaired) electrons. The first-order chi connectivity index (χ1) is 6.74. The molecule has 14 heavy (non-hydrogen) atoms. The van der Waals surface area contributed by atoms with Gasteiger partial charge in [0.25, 0.3) is 0 Å². The Bertz CT molecular complexity index is 312. The van der Waals surface area contributed by atoms with Gasteiger partial charge >= 0.3 is 0 Å². The Kier molecular flexibility index (Phi) is 4.63.